The third-order valence-corrected chi connectivity index (χ3v) is 5.16. The average molecular weight is 331 g/mol. The van der Waals surface area contributed by atoms with E-state index in [9.17, 15) is 17.6 Å². The minimum atomic E-state index is -4.05. The fourth-order valence-electron chi connectivity index (χ4n) is 2.08. The highest BCUT2D eigenvalue weighted by molar-refractivity contribution is 7.89. The summed E-state index contributed by atoms with van der Waals surface area (Å²) in [5.41, 5.74) is 5.11. The number of nitrogens with two attached hydrogens (primary N) is 1. The lowest BCUT2D eigenvalue weighted by atomic mass is 10.2. The van der Waals surface area contributed by atoms with Crippen molar-refractivity contribution < 1.29 is 17.6 Å². The predicted molar refractivity (Wildman–Crippen MR) is 78.7 cm³/mol. The standard InChI is InChI=1S/C12H14FN3O3S2/c13-8-3-1-4-9(11(8)12(14)20)21(18,19)16-6-2-5-15-10(17)7-16/h1,3-4H,2,5-7H2,(H2,14,20)(H,15,17). The zero-order chi connectivity index (χ0) is 15.6. The van der Waals surface area contributed by atoms with Crippen LogP contribution in [0.15, 0.2) is 23.1 Å². The number of carbonyl (C=O) groups is 1. The highest BCUT2D eigenvalue weighted by atomic mass is 32.2. The second-order valence-electron chi connectivity index (χ2n) is 4.52. The van der Waals surface area contributed by atoms with Crippen LogP contribution in [0.5, 0.6) is 0 Å². The maximum absolute atomic E-state index is 13.8. The van der Waals surface area contributed by atoms with Crippen molar-refractivity contribution in [1.29, 1.82) is 0 Å². The first-order valence-electron chi connectivity index (χ1n) is 6.19. The number of hydrogen-bond donors (Lipinski definition) is 2. The van der Waals surface area contributed by atoms with E-state index in [0.717, 1.165) is 10.4 Å². The topological polar surface area (TPSA) is 92.5 Å². The summed E-state index contributed by atoms with van der Waals surface area (Å²) in [4.78, 5) is 10.9. The van der Waals surface area contributed by atoms with E-state index < -0.39 is 21.7 Å². The van der Waals surface area contributed by atoms with Gasteiger partial charge < -0.3 is 11.1 Å². The molecule has 1 heterocycles. The number of nitrogens with one attached hydrogen (secondary N) is 1. The molecule has 0 spiro atoms. The van der Waals surface area contributed by atoms with Gasteiger partial charge in [-0.2, -0.15) is 4.31 Å². The molecule has 114 valence electrons. The molecule has 21 heavy (non-hydrogen) atoms. The summed E-state index contributed by atoms with van der Waals surface area (Å²) in [5, 5.41) is 2.58. The maximum Gasteiger partial charge on any atom is 0.244 e. The van der Waals surface area contributed by atoms with E-state index in [1.165, 1.54) is 12.1 Å². The molecule has 1 aromatic carbocycles. The first kappa shape index (κ1) is 15.8. The smallest absolute Gasteiger partial charge is 0.244 e. The largest absolute Gasteiger partial charge is 0.389 e. The molecule has 1 aliphatic rings. The Morgan fingerprint density at radius 2 is 2.14 bits per heavy atom. The normalized spacial score (nSPS) is 17.1. The Bertz CT molecular complexity index is 691. The molecule has 0 saturated carbocycles. The molecule has 2 rings (SSSR count). The van der Waals surface area contributed by atoms with Crippen LogP contribution in [0.4, 0.5) is 4.39 Å². The van der Waals surface area contributed by atoms with Crippen molar-refractivity contribution in [1.82, 2.24) is 9.62 Å². The number of thiocarbonyl (C=S) groups is 1. The second kappa shape index (κ2) is 6.04. The molecule has 0 aliphatic carbocycles. The van der Waals surface area contributed by atoms with Crippen molar-refractivity contribution in [2.45, 2.75) is 11.3 Å². The number of carbonyl (C=O) groups excluding carboxylic acids is 1. The molecule has 1 aromatic rings. The van der Waals surface area contributed by atoms with E-state index in [0.29, 0.717) is 13.0 Å². The van der Waals surface area contributed by atoms with Gasteiger partial charge in [-0.05, 0) is 18.6 Å². The second-order valence-corrected chi connectivity index (χ2v) is 6.87. The fraction of sp³-hybridized carbons (Fsp3) is 0.333. The number of sulfonamides is 1. The van der Waals surface area contributed by atoms with Crippen molar-refractivity contribution in [3.05, 3.63) is 29.6 Å². The summed E-state index contributed by atoms with van der Waals surface area (Å²) >= 11 is 4.73. The molecule has 0 atom stereocenters. The molecule has 0 radical (unpaired) electrons. The molecular weight excluding hydrogens is 317 g/mol. The third-order valence-electron chi connectivity index (χ3n) is 3.07. The summed E-state index contributed by atoms with van der Waals surface area (Å²) in [6, 6.07) is 3.58. The van der Waals surface area contributed by atoms with Crippen LogP contribution in [0.2, 0.25) is 0 Å². The lowest BCUT2D eigenvalue weighted by molar-refractivity contribution is -0.120. The van der Waals surface area contributed by atoms with Gasteiger partial charge in [-0.1, -0.05) is 18.3 Å². The molecule has 1 fully saturated rings. The highest BCUT2D eigenvalue weighted by Crippen LogP contribution is 2.23. The van der Waals surface area contributed by atoms with E-state index in [4.69, 9.17) is 18.0 Å². The van der Waals surface area contributed by atoms with Gasteiger partial charge in [0.1, 0.15) is 10.8 Å². The van der Waals surface area contributed by atoms with E-state index >= 15 is 0 Å². The lowest BCUT2D eigenvalue weighted by Gasteiger charge is -2.20. The van der Waals surface area contributed by atoms with Crippen LogP contribution < -0.4 is 11.1 Å². The van der Waals surface area contributed by atoms with Gasteiger partial charge in [-0.15, -0.1) is 0 Å². The summed E-state index contributed by atoms with van der Waals surface area (Å²) in [5.74, 6) is -1.20. The summed E-state index contributed by atoms with van der Waals surface area (Å²) in [7, 11) is -4.05. The van der Waals surface area contributed by atoms with E-state index in [1.807, 2.05) is 0 Å². The van der Waals surface area contributed by atoms with E-state index in [2.05, 4.69) is 5.32 Å². The molecule has 3 N–H and O–H groups in total. The number of rotatable bonds is 3. The molecule has 0 aromatic heterocycles. The van der Waals surface area contributed by atoms with Crippen LogP contribution in [0.1, 0.15) is 12.0 Å². The number of benzene rings is 1. The SMILES string of the molecule is NC(=S)c1c(F)cccc1S(=O)(=O)N1CCCNC(=O)C1. The summed E-state index contributed by atoms with van der Waals surface area (Å²) in [6.45, 7) is 0.250. The quantitative estimate of drug-likeness (QED) is 0.759. The van der Waals surface area contributed by atoms with Crippen molar-refractivity contribution in [3.63, 3.8) is 0 Å². The van der Waals surface area contributed by atoms with Gasteiger partial charge in [0, 0.05) is 13.1 Å². The number of amides is 1. The summed E-state index contributed by atoms with van der Waals surface area (Å²) in [6.07, 6.45) is 0.475. The molecule has 1 saturated heterocycles. The van der Waals surface area contributed by atoms with Gasteiger partial charge in [0.2, 0.25) is 15.9 Å². The van der Waals surface area contributed by atoms with Gasteiger partial charge in [0.25, 0.3) is 0 Å². The van der Waals surface area contributed by atoms with Crippen molar-refractivity contribution in [2.24, 2.45) is 5.73 Å². The Balaban J connectivity index is 2.51. The third kappa shape index (κ3) is 3.20. The summed E-state index contributed by atoms with van der Waals surface area (Å²) < 4.78 is 40.1. The highest BCUT2D eigenvalue weighted by Gasteiger charge is 2.31. The fourth-order valence-corrected chi connectivity index (χ4v) is 4.00. The van der Waals surface area contributed by atoms with Crippen molar-refractivity contribution in [3.8, 4) is 0 Å². The van der Waals surface area contributed by atoms with Crippen molar-refractivity contribution >= 4 is 33.1 Å². The van der Waals surface area contributed by atoms with Crippen LogP contribution in [0, 0.1) is 5.82 Å². The monoisotopic (exact) mass is 331 g/mol. The Hall–Kier alpha value is -1.58. The molecule has 1 amide bonds. The van der Waals surface area contributed by atoms with Crippen LogP contribution >= 0.6 is 12.2 Å². The first-order valence-corrected chi connectivity index (χ1v) is 8.04. The van der Waals surface area contributed by atoms with Crippen LogP contribution in [0.3, 0.4) is 0 Å². The number of hydrogen-bond acceptors (Lipinski definition) is 4. The molecular formula is C12H14FN3O3S2. The Morgan fingerprint density at radius 3 is 2.81 bits per heavy atom. The zero-order valence-corrected chi connectivity index (χ0v) is 12.6. The van der Waals surface area contributed by atoms with Gasteiger partial charge in [-0.25, -0.2) is 12.8 Å². The predicted octanol–water partition coefficient (Wildman–Crippen LogP) is -0.0295. The number of halogens is 1. The van der Waals surface area contributed by atoms with Gasteiger partial charge in [0.05, 0.1) is 17.0 Å². The maximum atomic E-state index is 13.8. The van der Waals surface area contributed by atoms with Gasteiger partial charge in [-0.3, -0.25) is 4.79 Å². The Labute approximate surface area is 127 Å². The molecule has 6 nitrogen and oxygen atoms in total. The molecule has 1 aliphatic heterocycles. The van der Waals surface area contributed by atoms with Gasteiger partial charge >= 0.3 is 0 Å². The first-order chi connectivity index (χ1) is 9.84. The lowest BCUT2D eigenvalue weighted by Crippen LogP contribution is -2.38. The minimum absolute atomic E-state index is 0.161. The van der Waals surface area contributed by atoms with Crippen molar-refractivity contribution in [2.75, 3.05) is 19.6 Å². The van der Waals surface area contributed by atoms with Crippen LogP contribution in [0.25, 0.3) is 0 Å². The van der Waals surface area contributed by atoms with E-state index in [1.54, 1.807) is 0 Å². The molecule has 0 unspecified atom stereocenters. The van der Waals surface area contributed by atoms with Crippen LogP contribution in [-0.4, -0.2) is 43.3 Å². The molecule has 0 bridgehead atoms. The van der Waals surface area contributed by atoms with Gasteiger partial charge in [0.15, 0.2) is 0 Å². The van der Waals surface area contributed by atoms with Crippen LogP contribution in [-0.2, 0) is 14.8 Å². The van der Waals surface area contributed by atoms with E-state index in [-0.39, 0.29) is 28.5 Å². The Kier molecular flexibility index (Phi) is 4.55. The molecule has 9 heteroatoms. The average Bonchev–Trinajstić information content (AvgIpc) is 2.63. The minimum Gasteiger partial charge on any atom is -0.389 e. The Morgan fingerprint density at radius 1 is 1.43 bits per heavy atom. The zero-order valence-electron chi connectivity index (χ0n) is 11.0. The number of nitrogens with zero attached hydrogens (tertiary/aromatic N) is 1.